The predicted molar refractivity (Wildman–Crippen MR) is 73.2 cm³/mol. The van der Waals surface area contributed by atoms with Gasteiger partial charge in [-0.25, -0.2) is 4.98 Å². The van der Waals surface area contributed by atoms with E-state index in [-0.39, 0.29) is 6.61 Å². The summed E-state index contributed by atoms with van der Waals surface area (Å²) in [5, 5.41) is 20.8. The molecule has 20 heavy (non-hydrogen) atoms. The molecule has 7 heteroatoms. The Balaban J connectivity index is 1.86. The van der Waals surface area contributed by atoms with Crippen LogP contribution in [-0.2, 0) is 6.54 Å². The molecule has 1 N–H and O–H groups in total. The van der Waals surface area contributed by atoms with Gasteiger partial charge in [-0.2, -0.15) is 4.80 Å². The number of hydrogen-bond donors (Lipinski definition) is 1. The first-order valence-electron chi connectivity index (χ1n) is 6.81. The van der Waals surface area contributed by atoms with E-state index in [1.54, 1.807) is 12.3 Å². The van der Waals surface area contributed by atoms with Crippen LogP contribution >= 0.6 is 0 Å². The molecule has 0 aliphatic carbocycles. The van der Waals surface area contributed by atoms with Crippen LogP contribution < -0.4 is 4.74 Å². The van der Waals surface area contributed by atoms with Crippen molar-refractivity contribution in [2.75, 3.05) is 13.2 Å². The number of aliphatic hydroxyl groups is 1. The molecular formula is C13H19N5O2. The fraction of sp³-hybridized carbons (Fsp3) is 0.538. The highest BCUT2D eigenvalue weighted by molar-refractivity contribution is 5.52. The predicted octanol–water partition coefficient (Wildman–Crippen LogP) is 1.30. The molecule has 0 saturated carbocycles. The molecule has 0 aliphatic heterocycles. The molecule has 0 bridgehead atoms. The number of ether oxygens (including phenoxy) is 1. The van der Waals surface area contributed by atoms with Gasteiger partial charge in [0.25, 0.3) is 0 Å². The van der Waals surface area contributed by atoms with Crippen molar-refractivity contribution in [1.29, 1.82) is 0 Å². The van der Waals surface area contributed by atoms with E-state index < -0.39 is 0 Å². The summed E-state index contributed by atoms with van der Waals surface area (Å²) in [5.74, 6) is 1.15. The molecular weight excluding hydrogens is 258 g/mol. The molecule has 108 valence electrons. The molecule has 0 atom stereocenters. The van der Waals surface area contributed by atoms with Crippen molar-refractivity contribution < 1.29 is 9.84 Å². The van der Waals surface area contributed by atoms with E-state index >= 15 is 0 Å². The second-order valence-electron chi connectivity index (χ2n) is 4.32. The molecule has 0 saturated heterocycles. The first-order chi connectivity index (χ1) is 9.83. The van der Waals surface area contributed by atoms with Gasteiger partial charge in [-0.3, -0.25) is 0 Å². The summed E-state index contributed by atoms with van der Waals surface area (Å²) in [6.45, 7) is 3.49. The van der Waals surface area contributed by atoms with E-state index in [2.05, 4.69) is 20.4 Å². The smallest absolute Gasteiger partial charge is 0.213 e. The highest BCUT2D eigenvalue weighted by Gasteiger charge is 2.06. The van der Waals surface area contributed by atoms with Gasteiger partial charge in [0.15, 0.2) is 0 Å². The Hall–Kier alpha value is -2.02. The Morgan fingerprint density at radius 3 is 2.80 bits per heavy atom. The summed E-state index contributed by atoms with van der Waals surface area (Å²) in [5.41, 5.74) is 0.817. The Morgan fingerprint density at radius 1 is 1.25 bits per heavy atom. The lowest BCUT2D eigenvalue weighted by Crippen LogP contribution is -2.00. The van der Waals surface area contributed by atoms with Crippen LogP contribution in [-0.4, -0.2) is 43.5 Å². The molecule has 2 aromatic heterocycles. The lowest BCUT2D eigenvalue weighted by atomic mass is 10.2. The Morgan fingerprint density at radius 2 is 2.15 bits per heavy atom. The van der Waals surface area contributed by atoms with Crippen molar-refractivity contribution in [3.8, 4) is 17.3 Å². The van der Waals surface area contributed by atoms with Crippen molar-refractivity contribution in [2.24, 2.45) is 0 Å². The van der Waals surface area contributed by atoms with Crippen molar-refractivity contribution in [1.82, 2.24) is 25.2 Å². The molecule has 0 unspecified atom stereocenters. The standard InChI is InChI=1S/C13H19N5O2/c1-2-18-16-13(15-17-18)11-6-7-12(14-10-11)20-9-5-3-4-8-19/h6-7,10,19H,2-5,8-9H2,1H3. The van der Waals surface area contributed by atoms with Crippen LogP contribution in [0.1, 0.15) is 26.2 Å². The molecule has 0 spiro atoms. The number of tetrazole rings is 1. The van der Waals surface area contributed by atoms with Gasteiger partial charge in [0.05, 0.1) is 13.2 Å². The zero-order valence-corrected chi connectivity index (χ0v) is 11.6. The van der Waals surface area contributed by atoms with Crippen LogP contribution in [0.25, 0.3) is 11.4 Å². The molecule has 0 amide bonds. The third kappa shape index (κ3) is 3.99. The van der Waals surface area contributed by atoms with Crippen LogP contribution in [0.4, 0.5) is 0 Å². The van der Waals surface area contributed by atoms with E-state index in [4.69, 9.17) is 9.84 Å². The average molecular weight is 277 g/mol. The van der Waals surface area contributed by atoms with Crippen LogP contribution in [0.15, 0.2) is 18.3 Å². The van der Waals surface area contributed by atoms with Crippen LogP contribution in [0, 0.1) is 0 Å². The van der Waals surface area contributed by atoms with E-state index in [0.29, 0.717) is 24.9 Å². The fourth-order valence-corrected chi connectivity index (χ4v) is 1.66. The minimum absolute atomic E-state index is 0.235. The van der Waals surface area contributed by atoms with E-state index in [9.17, 15) is 0 Å². The maximum absolute atomic E-state index is 8.67. The summed E-state index contributed by atoms with van der Waals surface area (Å²) < 4.78 is 5.52. The number of rotatable bonds is 8. The van der Waals surface area contributed by atoms with E-state index in [1.807, 2.05) is 13.0 Å². The molecule has 2 aromatic rings. The van der Waals surface area contributed by atoms with Crippen molar-refractivity contribution >= 4 is 0 Å². The number of hydrogen-bond acceptors (Lipinski definition) is 6. The fourth-order valence-electron chi connectivity index (χ4n) is 1.66. The van der Waals surface area contributed by atoms with Gasteiger partial charge in [0.2, 0.25) is 11.7 Å². The van der Waals surface area contributed by atoms with Gasteiger partial charge in [-0.15, -0.1) is 10.2 Å². The molecule has 2 rings (SSSR count). The highest BCUT2D eigenvalue weighted by Crippen LogP contribution is 2.15. The summed E-state index contributed by atoms with van der Waals surface area (Å²) in [4.78, 5) is 5.75. The number of pyridine rings is 1. The number of aromatic nitrogens is 5. The summed E-state index contributed by atoms with van der Waals surface area (Å²) in [6, 6.07) is 3.67. The zero-order valence-electron chi connectivity index (χ0n) is 11.6. The van der Waals surface area contributed by atoms with Gasteiger partial charge in [0, 0.05) is 24.4 Å². The van der Waals surface area contributed by atoms with Gasteiger partial charge >= 0.3 is 0 Å². The Bertz CT molecular complexity index is 512. The van der Waals surface area contributed by atoms with Crippen molar-refractivity contribution in [3.63, 3.8) is 0 Å². The average Bonchev–Trinajstić information content (AvgIpc) is 2.97. The van der Waals surface area contributed by atoms with Crippen LogP contribution in [0.2, 0.25) is 0 Å². The molecule has 2 heterocycles. The van der Waals surface area contributed by atoms with Crippen molar-refractivity contribution in [3.05, 3.63) is 18.3 Å². The first kappa shape index (κ1) is 14.4. The van der Waals surface area contributed by atoms with E-state index in [1.165, 1.54) is 4.80 Å². The third-order valence-corrected chi connectivity index (χ3v) is 2.78. The van der Waals surface area contributed by atoms with Gasteiger partial charge in [-0.1, -0.05) is 0 Å². The number of nitrogens with zero attached hydrogens (tertiary/aromatic N) is 5. The molecule has 0 radical (unpaired) electrons. The highest BCUT2D eigenvalue weighted by atomic mass is 16.5. The number of unbranched alkanes of at least 4 members (excludes halogenated alkanes) is 2. The Kier molecular flexibility index (Phi) is 5.43. The topological polar surface area (TPSA) is 86.0 Å². The summed E-state index contributed by atoms with van der Waals surface area (Å²) >= 11 is 0. The quantitative estimate of drug-likeness (QED) is 0.732. The second-order valence-corrected chi connectivity index (χ2v) is 4.32. The lowest BCUT2D eigenvalue weighted by Gasteiger charge is -2.04. The SMILES string of the molecule is CCn1nnc(-c2ccc(OCCCCCO)nc2)n1. The minimum Gasteiger partial charge on any atom is -0.478 e. The number of aliphatic hydroxyl groups excluding tert-OH is 1. The van der Waals surface area contributed by atoms with Crippen LogP contribution in [0.3, 0.4) is 0 Å². The van der Waals surface area contributed by atoms with Crippen LogP contribution in [0.5, 0.6) is 5.88 Å². The monoisotopic (exact) mass is 277 g/mol. The maximum Gasteiger partial charge on any atom is 0.213 e. The van der Waals surface area contributed by atoms with Gasteiger partial charge in [-0.05, 0) is 37.5 Å². The van der Waals surface area contributed by atoms with Crippen molar-refractivity contribution in [2.45, 2.75) is 32.7 Å². The lowest BCUT2D eigenvalue weighted by molar-refractivity contribution is 0.262. The zero-order chi connectivity index (χ0) is 14.2. The van der Waals surface area contributed by atoms with Gasteiger partial charge in [0.1, 0.15) is 0 Å². The van der Waals surface area contributed by atoms with Gasteiger partial charge < -0.3 is 9.84 Å². The third-order valence-electron chi connectivity index (χ3n) is 2.78. The first-order valence-corrected chi connectivity index (χ1v) is 6.81. The maximum atomic E-state index is 8.67. The van der Waals surface area contributed by atoms with E-state index in [0.717, 1.165) is 24.8 Å². The number of aryl methyl sites for hydroxylation is 1. The normalized spacial score (nSPS) is 10.7. The largest absolute Gasteiger partial charge is 0.478 e. The molecule has 7 nitrogen and oxygen atoms in total. The molecule has 0 fully saturated rings. The summed E-state index contributed by atoms with van der Waals surface area (Å²) in [7, 11) is 0. The second kappa shape index (κ2) is 7.54. The minimum atomic E-state index is 0.235. The Labute approximate surface area is 117 Å². The summed E-state index contributed by atoms with van der Waals surface area (Å²) in [6.07, 6.45) is 4.36. The molecule has 0 aromatic carbocycles. The molecule has 0 aliphatic rings.